The van der Waals surface area contributed by atoms with Gasteiger partial charge in [0.1, 0.15) is 11.6 Å². The van der Waals surface area contributed by atoms with E-state index in [-0.39, 0.29) is 23.7 Å². The molecule has 0 unspecified atom stereocenters. The molecule has 25 heavy (non-hydrogen) atoms. The summed E-state index contributed by atoms with van der Waals surface area (Å²) in [5.41, 5.74) is 2.20. The third kappa shape index (κ3) is 4.17. The Balaban J connectivity index is 1.68. The van der Waals surface area contributed by atoms with Crippen molar-refractivity contribution in [1.29, 1.82) is 0 Å². The van der Waals surface area contributed by atoms with Crippen LogP contribution in [0, 0.1) is 5.82 Å². The number of aryl methyl sites for hydroxylation is 1. The second kappa shape index (κ2) is 7.09. The highest BCUT2D eigenvalue weighted by atomic mass is 19.1. The topological polar surface area (TPSA) is 64.0 Å². The summed E-state index contributed by atoms with van der Waals surface area (Å²) < 4.78 is 14.6. The second-order valence-corrected chi connectivity index (χ2v) is 5.65. The van der Waals surface area contributed by atoms with Gasteiger partial charge < -0.3 is 9.88 Å². The van der Waals surface area contributed by atoms with Crippen LogP contribution in [-0.4, -0.2) is 15.5 Å². The number of rotatable bonds is 4. The number of amides is 1. The van der Waals surface area contributed by atoms with Crippen molar-refractivity contribution >= 4 is 11.7 Å². The van der Waals surface area contributed by atoms with Gasteiger partial charge in [0.15, 0.2) is 0 Å². The molecule has 0 aliphatic carbocycles. The van der Waals surface area contributed by atoms with Crippen LogP contribution in [0.1, 0.15) is 5.56 Å². The van der Waals surface area contributed by atoms with Crippen LogP contribution in [0.3, 0.4) is 0 Å². The molecular formula is C19H16FN3O2. The number of hydrogen-bond donors (Lipinski definition) is 1. The molecule has 6 heteroatoms. The molecule has 0 spiro atoms. The molecule has 0 aliphatic heterocycles. The van der Waals surface area contributed by atoms with Crippen molar-refractivity contribution in [1.82, 2.24) is 9.55 Å². The molecule has 0 saturated heterocycles. The Bertz CT molecular complexity index is 965. The molecule has 0 fully saturated rings. The zero-order chi connectivity index (χ0) is 17.8. The molecule has 3 rings (SSSR count). The molecule has 0 saturated carbocycles. The normalized spacial score (nSPS) is 10.5. The standard InChI is InChI=1S/C19H16FN3O2/c1-23-12-15(6-8-19(23)25)14-5-7-17(21-11-14)22-18(24)10-13-3-2-4-16(20)9-13/h2-9,11-12H,10H2,1H3,(H,21,22,24). The van der Waals surface area contributed by atoms with E-state index in [2.05, 4.69) is 10.3 Å². The van der Waals surface area contributed by atoms with Gasteiger partial charge in [-0.2, -0.15) is 0 Å². The first-order chi connectivity index (χ1) is 12.0. The molecule has 0 aliphatic rings. The van der Waals surface area contributed by atoms with E-state index in [1.54, 1.807) is 43.7 Å². The summed E-state index contributed by atoms with van der Waals surface area (Å²) in [4.78, 5) is 27.7. The lowest BCUT2D eigenvalue weighted by atomic mass is 10.1. The van der Waals surface area contributed by atoms with Gasteiger partial charge in [0.05, 0.1) is 6.42 Å². The van der Waals surface area contributed by atoms with Crippen LogP contribution in [0.2, 0.25) is 0 Å². The van der Waals surface area contributed by atoms with E-state index in [0.29, 0.717) is 11.4 Å². The maximum Gasteiger partial charge on any atom is 0.250 e. The highest BCUT2D eigenvalue weighted by molar-refractivity contribution is 5.91. The number of carbonyl (C=O) groups excluding carboxylic acids is 1. The van der Waals surface area contributed by atoms with Crippen LogP contribution >= 0.6 is 0 Å². The van der Waals surface area contributed by atoms with Crippen LogP contribution in [0.25, 0.3) is 11.1 Å². The van der Waals surface area contributed by atoms with Gasteiger partial charge in [0, 0.05) is 31.1 Å². The van der Waals surface area contributed by atoms with E-state index in [9.17, 15) is 14.0 Å². The molecule has 0 radical (unpaired) electrons. The third-order valence-electron chi connectivity index (χ3n) is 3.70. The van der Waals surface area contributed by atoms with Crippen molar-refractivity contribution in [2.24, 2.45) is 7.05 Å². The number of nitrogens with zero attached hydrogens (tertiary/aromatic N) is 2. The number of anilines is 1. The molecular weight excluding hydrogens is 321 g/mol. The quantitative estimate of drug-likeness (QED) is 0.796. The number of carbonyl (C=O) groups is 1. The van der Waals surface area contributed by atoms with E-state index in [1.807, 2.05) is 6.07 Å². The SMILES string of the molecule is Cn1cc(-c2ccc(NC(=O)Cc3cccc(F)c3)nc2)ccc1=O. The van der Waals surface area contributed by atoms with Crippen LogP contribution in [0.5, 0.6) is 0 Å². The fourth-order valence-electron chi connectivity index (χ4n) is 2.42. The van der Waals surface area contributed by atoms with Gasteiger partial charge in [-0.05, 0) is 41.5 Å². The van der Waals surface area contributed by atoms with Gasteiger partial charge in [-0.1, -0.05) is 12.1 Å². The fourth-order valence-corrected chi connectivity index (χ4v) is 2.42. The van der Waals surface area contributed by atoms with E-state index in [0.717, 1.165) is 11.1 Å². The van der Waals surface area contributed by atoms with Crippen LogP contribution < -0.4 is 10.9 Å². The minimum absolute atomic E-state index is 0.0714. The first kappa shape index (κ1) is 16.6. The maximum atomic E-state index is 13.1. The second-order valence-electron chi connectivity index (χ2n) is 5.65. The number of pyridine rings is 2. The Kier molecular flexibility index (Phi) is 4.70. The van der Waals surface area contributed by atoms with Gasteiger partial charge >= 0.3 is 0 Å². The molecule has 2 heterocycles. The number of hydrogen-bond acceptors (Lipinski definition) is 3. The van der Waals surface area contributed by atoms with Crippen molar-refractivity contribution in [3.63, 3.8) is 0 Å². The molecule has 5 nitrogen and oxygen atoms in total. The van der Waals surface area contributed by atoms with E-state index in [4.69, 9.17) is 0 Å². The Morgan fingerprint density at radius 1 is 1.16 bits per heavy atom. The molecule has 2 aromatic heterocycles. The van der Waals surface area contributed by atoms with Crippen molar-refractivity contribution < 1.29 is 9.18 Å². The van der Waals surface area contributed by atoms with Gasteiger partial charge in [0.2, 0.25) is 11.5 Å². The van der Waals surface area contributed by atoms with Crippen molar-refractivity contribution in [2.45, 2.75) is 6.42 Å². The third-order valence-corrected chi connectivity index (χ3v) is 3.70. The summed E-state index contributed by atoms with van der Waals surface area (Å²) in [6.07, 6.45) is 3.42. The van der Waals surface area contributed by atoms with Crippen molar-refractivity contribution in [3.8, 4) is 11.1 Å². The molecule has 1 N–H and O–H groups in total. The first-order valence-corrected chi connectivity index (χ1v) is 7.69. The van der Waals surface area contributed by atoms with Gasteiger partial charge in [-0.25, -0.2) is 9.37 Å². The lowest BCUT2D eigenvalue weighted by Crippen LogP contribution is -2.15. The largest absolute Gasteiger partial charge is 0.318 e. The average molecular weight is 337 g/mol. The van der Waals surface area contributed by atoms with Gasteiger partial charge in [0.25, 0.3) is 0 Å². The summed E-state index contributed by atoms with van der Waals surface area (Å²) >= 11 is 0. The molecule has 126 valence electrons. The van der Waals surface area contributed by atoms with Crippen LogP contribution in [-0.2, 0) is 18.3 Å². The Morgan fingerprint density at radius 3 is 2.64 bits per heavy atom. The monoisotopic (exact) mass is 337 g/mol. The van der Waals surface area contributed by atoms with Gasteiger partial charge in [-0.15, -0.1) is 0 Å². The molecule has 0 bridgehead atoms. The molecule has 1 amide bonds. The number of nitrogens with one attached hydrogen (secondary N) is 1. The lowest BCUT2D eigenvalue weighted by molar-refractivity contribution is -0.115. The minimum Gasteiger partial charge on any atom is -0.318 e. The summed E-state index contributed by atoms with van der Waals surface area (Å²) in [6.45, 7) is 0. The summed E-state index contributed by atoms with van der Waals surface area (Å²) in [7, 11) is 1.68. The predicted molar refractivity (Wildman–Crippen MR) is 93.6 cm³/mol. The number of halogens is 1. The summed E-state index contributed by atoms with van der Waals surface area (Å²) in [6, 6.07) is 12.6. The predicted octanol–water partition coefficient (Wildman–Crippen LogP) is 2.77. The zero-order valence-corrected chi connectivity index (χ0v) is 13.6. The molecule has 0 atom stereocenters. The fraction of sp³-hybridized carbons (Fsp3) is 0.105. The average Bonchev–Trinajstić information content (AvgIpc) is 2.58. The summed E-state index contributed by atoms with van der Waals surface area (Å²) in [5, 5.41) is 2.68. The van der Waals surface area contributed by atoms with E-state index < -0.39 is 0 Å². The Morgan fingerprint density at radius 2 is 1.96 bits per heavy atom. The van der Waals surface area contributed by atoms with Crippen LogP contribution in [0.4, 0.5) is 10.2 Å². The zero-order valence-electron chi connectivity index (χ0n) is 13.6. The van der Waals surface area contributed by atoms with Crippen molar-refractivity contribution in [3.05, 3.63) is 82.7 Å². The Hall–Kier alpha value is -3.28. The lowest BCUT2D eigenvalue weighted by Gasteiger charge is -2.07. The van der Waals surface area contributed by atoms with Crippen LogP contribution in [0.15, 0.2) is 65.7 Å². The minimum atomic E-state index is -0.370. The van der Waals surface area contributed by atoms with Crippen molar-refractivity contribution in [2.75, 3.05) is 5.32 Å². The number of aromatic nitrogens is 2. The highest BCUT2D eigenvalue weighted by Gasteiger charge is 2.07. The Labute approximate surface area is 143 Å². The van der Waals surface area contributed by atoms with E-state index in [1.165, 1.54) is 22.8 Å². The maximum absolute atomic E-state index is 13.1. The summed E-state index contributed by atoms with van der Waals surface area (Å²) in [5.74, 6) is -0.229. The van der Waals surface area contributed by atoms with Gasteiger partial charge in [-0.3, -0.25) is 9.59 Å². The highest BCUT2D eigenvalue weighted by Crippen LogP contribution is 2.18. The molecule has 3 aromatic rings. The van der Waals surface area contributed by atoms with E-state index >= 15 is 0 Å². The first-order valence-electron chi connectivity index (χ1n) is 7.69. The molecule has 1 aromatic carbocycles. The smallest absolute Gasteiger partial charge is 0.250 e. The number of benzene rings is 1.